The standard InChI is InChI=1S/C21H24Br2N2O2/c22-13-5-7-19-16(9-13)17-10-14(23)6-8-20(17)25(19)12-15(26)11-24-18-3-1-2-4-21(18)27/h5-10,15,18,21,24,26-27H,1-4,11-12H2. The Labute approximate surface area is 175 Å². The molecule has 6 heteroatoms. The summed E-state index contributed by atoms with van der Waals surface area (Å²) in [6.45, 7) is 0.995. The first kappa shape index (κ1) is 19.4. The summed E-state index contributed by atoms with van der Waals surface area (Å²) < 4.78 is 4.28. The van der Waals surface area contributed by atoms with E-state index in [1.54, 1.807) is 0 Å². The fourth-order valence-electron chi connectivity index (χ4n) is 4.16. The Kier molecular flexibility index (Phi) is 5.90. The van der Waals surface area contributed by atoms with Crippen LogP contribution in [0.5, 0.6) is 0 Å². The molecule has 0 radical (unpaired) electrons. The Morgan fingerprint density at radius 1 is 1.00 bits per heavy atom. The molecule has 0 aliphatic heterocycles. The number of hydrogen-bond acceptors (Lipinski definition) is 3. The van der Waals surface area contributed by atoms with Gasteiger partial charge in [-0.15, -0.1) is 0 Å². The molecule has 2 aromatic carbocycles. The smallest absolute Gasteiger partial charge is 0.0843 e. The maximum atomic E-state index is 10.7. The fourth-order valence-corrected chi connectivity index (χ4v) is 4.88. The van der Waals surface area contributed by atoms with Crippen molar-refractivity contribution >= 4 is 53.7 Å². The summed E-state index contributed by atoms with van der Waals surface area (Å²) >= 11 is 7.13. The van der Waals surface area contributed by atoms with Crippen molar-refractivity contribution < 1.29 is 10.2 Å². The number of aliphatic hydroxyl groups excluding tert-OH is 2. The summed E-state index contributed by atoms with van der Waals surface area (Å²) in [5, 5.41) is 26.5. The number of rotatable bonds is 5. The SMILES string of the molecule is OC(CNC1CCCCC1O)Cn1c2ccc(Br)cc2c2cc(Br)ccc21. The molecule has 1 saturated carbocycles. The molecule has 0 bridgehead atoms. The second-order valence-corrected chi connectivity index (χ2v) is 9.29. The molecule has 0 spiro atoms. The number of halogens is 2. The molecule has 4 rings (SSSR count). The first-order valence-electron chi connectivity index (χ1n) is 9.49. The van der Waals surface area contributed by atoms with Crippen molar-refractivity contribution in [1.82, 2.24) is 9.88 Å². The fraction of sp³-hybridized carbons (Fsp3) is 0.429. The predicted octanol–water partition coefficient (Wildman–Crippen LogP) is 4.57. The van der Waals surface area contributed by atoms with E-state index >= 15 is 0 Å². The van der Waals surface area contributed by atoms with E-state index in [4.69, 9.17) is 0 Å². The van der Waals surface area contributed by atoms with Crippen molar-refractivity contribution in [3.05, 3.63) is 45.3 Å². The van der Waals surface area contributed by atoms with Gasteiger partial charge in [-0.1, -0.05) is 44.7 Å². The highest BCUT2D eigenvalue weighted by atomic mass is 79.9. The molecule has 1 aromatic heterocycles. The van der Waals surface area contributed by atoms with Crippen molar-refractivity contribution in [1.29, 1.82) is 0 Å². The Morgan fingerprint density at radius 3 is 2.19 bits per heavy atom. The van der Waals surface area contributed by atoms with E-state index in [0.29, 0.717) is 13.1 Å². The molecule has 27 heavy (non-hydrogen) atoms. The summed E-state index contributed by atoms with van der Waals surface area (Å²) in [5.74, 6) is 0. The number of nitrogens with zero attached hydrogens (tertiary/aromatic N) is 1. The van der Waals surface area contributed by atoms with Gasteiger partial charge in [0, 0.05) is 43.3 Å². The maximum absolute atomic E-state index is 10.7. The lowest BCUT2D eigenvalue weighted by Gasteiger charge is -2.29. The highest BCUT2D eigenvalue weighted by Gasteiger charge is 2.23. The third-order valence-corrected chi connectivity index (χ3v) is 6.51. The van der Waals surface area contributed by atoms with Crippen molar-refractivity contribution in [2.75, 3.05) is 6.54 Å². The second-order valence-electron chi connectivity index (χ2n) is 7.45. The molecule has 0 saturated heterocycles. The first-order chi connectivity index (χ1) is 13.0. The van der Waals surface area contributed by atoms with Crippen LogP contribution in [0.1, 0.15) is 25.7 Å². The molecule has 4 nitrogen and oxygen atoms in total. The molecular weight excluding hydrogens is 472 g/mol. The zero-order chi connectivity index (χ0) is 19.0. The second kappa shape index (κ2) is 8.21. The zero-order valence-corrected chi connectivity index (χ0v) is 18.2. The minimum absolute atomic E-state index is 0.0958. The average molecular weight is 496 g/mol. The Bertz CT molecular complexity index is 897. The Hall–Kier alpha value is -0.920. The third-order valence-electron chi connectivity index (χ3n) is 5.53. The molecule has 1 aliphatic carbocycles. The number of fused-ring (bicyclic) bond motifs is 3. The molecule has 1 aliphatic rings. The highest BCUT2D eigenvalue weighted by molar-refractivity contribution is 9.10. The van der Waals surface area contributed by atoms with Gasteiger partial charge in [0.2, 0.25) is 0 Å². The average Bonchev–Trinajstić information content (AvgIpc) is 2.93. The van der Waals surface area contributed by atoms with E-state index in [2.05, 4.69) is 66.0 Å². The van der Waals surface area contributed by atoms with Gasteiger partial charge in [-0.05, 0) is 49.2 Å². The van der Waals surface area contributed by atoms with Crippen LogP contribution < -0.4 is 5.32 Å². The molecule has 144 valence electrons. The first-order valence-corrected chi connectivity index (χ1v) is 11.1. The van der Waals surface area contributed by atoms with Crippen LogP contribution in [-0.4, -0.2) is 39.6 Å². The minimum atomic E-state index is -0.523. The van der Waals surface area contributed by atoms with Crippen LogP contribution in [0.15, 0.2) is 45.3 Å². The predicted molar refractivity (Wildman–Crippen MR) is 117 cm³/mol. The van der Waals surface area contributed by atoms with E-state index in [1.807, 2.05) is 12.1 Å². The van der Waals surface area contributed by atoms with Crippen LogP contribution in [0, 0.1) is 0 Å². The van der Waals surface area contributed by atoms with E-state index in [9.17, 15) is 10.2 Å². The minimum Gasteiger partial charge on any atom is -0.392 e. The Morgan fingerprint density at radius 2 is 1.59 bits per heavy atom. The largest absolute Gasteiger partial charge is 0.392 e. The molecule has 3 aromatic rings. The zero-order valence-electron chi connectivity index (χ0n) is 15.0. The van der Waals surface area contributed by atoms with E-state index in [0.717, 1.165) is 45.7 Å². The van der Waals surface area contributed by atoms with Gasteiger partial charge in [-0.25, -0.2) is 0 Å². The summed E-state index contributed by atoms with van der Waals surface area (Å²) in [6, 6.07) is 12.6. The van der Waals surface area contributed by atoms with Crippen molar-refractivity contribution in [2.45, 2.75) is 50.5 Å². The number of benzene rings is 2. The van der Waals surface area contributed by atoms with Crippen LogP contribution in [0.2, 0.25) is 0 Å². The van der Waals surface area contributed by atoms with Gasteiger partial charge in [0.05, 0.1) is 18.8 Å². The van der Waals surface area contributed by atoms with E-state index in [1.165, 1.54) is 10.8 Å². The lowest BCUT2D eigenvalue weighted by atomic mass is 9.92. The van der Waals surface area contributed by atoms with Crippen molar-refractivity contribution in [2.24, 2.45) is 0 Å². The monoisotopic (exact) mass is 494 g/mol. The van der Waals surface area contributed by atoms with Gasteiger partial charge in [0.15, 0.2) is 0 Å². The molecular formula is C21H24Br2N2O2. The van der Waals surface area contributed by atoms with Gasteiger partial charge < -0.3 is 20.1 Å². The van der Waals surface area contributed by atoms with Crippen LogP contribution in [0.3, 0.4) is 0 Å². The van der Waals surface area contributed by atoms with Crippen LogP contribution in [0.25, 0.3) is 21.8 Å². The molecule has 1 heterocycles. The maximum Gasteiger partial charge on any atom is 0.0843 e. The van der Waals surface area contributed by atoms with Crippen LogP contribution >= 0.6 is 31.9 Å². The van der Waals surface area contributed by atoms with E-state index in [-0.39, 0.29) is 12.1 Å². The lowest BCUT2D eigenvalue weighted by molar-refractivity contribution is 0.0774. The van der Waals surface area contributed by atoms with Gasteiger partial charge in [-0.3, -0.25) is 0 Å². The lowest BCUT2D eigenvalue weighted by Crippen LogP contribution is -2.45. The topological polar surface area (TPSA) is 57.4 Å². The molecule has 1 fully saturated rings. The normalized spacial score (nSPS) is 21.8. The summed E-state index contributed by atoms with van der Waals surface area (Å²) in [6.07, 6.45) is 3.24. The van der Waals surface area contributed by atoms with Gasteiger partial charge in [-0.2, -0.15) is 0 Å². The van der Waals surface area contributed by atoms with Crippen molar-refractivity contribution in [3.63, 3.8) is 0 Å². The molecule has 3 unspecified atom stereocenters. The summed E-state index contributed by atoms with van der Waals surface area (Å²) in [7, 11) is 0. The summed E-state index contributed by atoms with van der Waals surface area (Å²) in [5.41, 5.74) is 2.23. The Balaban J connectivity index is 1.58. The molecule has 3 atom stereocenters. The van der Waals surface area contributed by atoms with Gasteiger partial charge in [0.25, 0.3) is 0 Å². The third kappa shape index (κ3) is 4.10. The summed E-state index contributed by atoms with van der Waals surface area (Å²) in [4.78, 5) is 0. The van der Waals surface area contributed by atoms with Crippen LogP contribution in [-0.2, 0) is 6.54 Å². The number of nitrogens with one attached hydrogen (secondary N) is 1. The van der Waals surface area contributed by atoms with Gasteiger partial charge >= 0.3 is 0 Å². The molecule has 3 N–H and O–H groups in total. The van der Waals surface area contributed by atoms with Crippen molar-refractivity contribution in [3.8, 4) is 0 Å². The number of aliphatic hydroxyl groups is 2. The quantitative estimate of drug-likeness (QED) is 0.485. The molecule has 0 amide bonds. The number of hydrogen-bond donors (Lipinski definition) is 3. The van der Waals surface area contributed by atoms with Crippen LogP contribution in [0.4, 0.5) is 0 Å². The van der Waals surface area contributed by atoms with Gasteiger partial charge in [0.1, 0.15) is 0 Å². The van der Waals surface area contributed by atoms with E-state index < -0.39 is 6.10 Å². The highest BCUT2D eigenvalue weighted by Crippen LogP contribution is 2.33. The number of aromatic nitrogens is 1.